The quantitative estimate of drug-likeness (QED) is 0.283. The molecule has 0 fully saturated rings. The number of para-hydroxylation sites is 1. The summed E-state index contributed by atoms with van der Waals surface area (Å²) in [5.41, 5.74) is -0.206. The zero-order valence-electron chi connectivity index (χ0n) is 19.5. The van der Waals surface area contributed by atoms with Crippen LogP contribution in [0, 0.1) is 0 Å². The van der Waals surface area contributed by atoms with Gasteiger partial charge in [0.2, 0.25) is 0 Å². The van der Waals surface area contributed by atoms with Crippen LogP contribution in [-0.4, -0.2) is 56.1 Å². The van der Waals surface area contributed by atoms with E-state index in [1.54, 1.807) is 50.7 Å². The van der Waals surface area contributed by atoms with Crippen molar-refractivity contribution in [3.8, 4) is 5.75 Å². The molecule has 1 aromatic rings. The molecule has 0 aliphatic rings. The minimum atomic E-state index is -1.80. The van der Waals surface area contributed by atoms with Gasteiger partial charge in [-0.3, -0.25) is 4.79 Å². The highest BCUT2D eigenvalue weighted by atomic mass is 32.2. The molecule has 0 heterocycles. The summed E-state index contributed by atoms with van der Waals surface area (Å²) in [4.78, 5) is 25.7. The molecule has 6 nitrogen and oxygen atoms in total. The van der Waals surface area contributed by atoms with E-state index in [0.29, 0.717) is 24.3 Å². The fraction of sp³-hybridized carbons (Fsp3) is 0.636. The summed E-state index contributed by atoms with van der Waals surface area (Å²) < 4.78 is 17.4. The molecule has 0 saturated heterocycles. The maximum absolute atomic E-state index is 13.4. The lowest BCUT2D eigenvalue weighted by Gasteiger charge is -2.30. The Morgan fingerprint density at radius 1 is 1.17 bits per heavy atom. The van der Waals surface area contributed by atoms with E-state index in [0.717, 1.165) is 5.75 Å². The molecule has 0 aliphatic heterocycles. The number of hydrogen-bond acceptors (Lipinski definition) is 6. The van der Waals surface area contributed by atoms with Crippen LogP contribution in [0.3, 0.4) is 0 Å². The molecular weight excluding hydrogens is 418 g/mol. The number of benzene rings is 1. The van der Waals surface area contributed by atoms with Crippen molar-refractivity contribution in [2.45, 2.75) is 71.3 Å². The maximum atomic E-state index is 13.4. The van der Waals surface area contributed by atoms with Crippen LogP contribution < -0.4 is 10.1 Å². The summed E-state index contributed by atoms with van der Waals surface area (Å²) in [5, 5.41) is 2.74. The summed E-state index contributed by atoms with van der Waals surface area (Å²) in [5.74, 6) is 0.630. The van der Waals surface area contributed by atoms with Gasteiger partial charge in [0.05, 0.1) is 11.6 Å². The van der Waals surface area contributed by atoms with Gasteiger partial charge in [0.25, 0.3) is 0 Å². The topological polar surface area (TPSA) is 73.9 Å². The van der Waals surface area contributed by atoms with E-state index in [1.165, 1.54) is 0 Å². The molecule has 1 rings (SSSR count). The third-order valence-corrected chi connectivity index (χ3v) is 6.37. The fourth-order valence-electron chi connectivity index (χ4n) is 2.64. The molecule has 1 aromatic carbocycles. The van der Waals surface area contributed by atoms with Gasteiger partial charge in [-0.1, -0.05) is 31.8 Å². The monoisotopic (exact) mass is 455 g/mol. The van der Waals surface area contributed by atoms with E-state index < -0.39 is 25.8 Å². The van der Waals surface area contributed by atoms with Gasteiger partial charge >= 0.3 is 6.09 Å². The van der Waals surface area contributed by atoms with Gasteiger partial charge in [-0.2, -0.15) is 11.8 Å². The van der Waals surface area contributed by atoms with Gasteiger partial charge in [-0.25, -0.2) is 4.79 Å². The molecule has 0 saturated carbocycles. The summed E-state index contributed by atoms with van der Waals surface area (Å²) in [6.45, 7) is 14.3. The third-order valence-electron chi connectivity index (χ3n) is 4.03. The molecule has 8 heteroatoms. The van der Waals surface area contributed by atoms with Crippen molar-refractivity contribution in [3.05, 3.63) is 29.8 Å². The largest absolute Gasteiger partial charge is 0.468 e. The van der Waals surface area contributed by atoms with E-state index in [1.807, 2.05) is 19.2 Å². The maximum Gasteiger partial charge on any atom is 0.408 e. The number of nitrogens with one attached hydrogen (secondary N) is 1. The second-order valence-corrected chi connectivity index (χ2v) is 15.3. The molecule has 0 radical (unpaired) electrons. The standard InChI is InChI=1S/C22H37NO5SSi/c1-9-26-21(30(6,7)8)27-18-13-11-10-12-16(18)19(24)17(14-15-29-5)23-20(25)28-22(2,3)4/h10-13,17,21H,9,14-15H2,1-8H3,(H,23,25)/t17-,21?/m0/s1. The van der Waals surface area contributed by atoms with Gasteiger partial charge in [0.1, 0.15) is 19.4 Å². The smallest absolute Gasteiger partial charge is 0.408 e. The predicted octanol–water partition coefficient (Wildman–Crippen LogP) is 5.13. The Balaban J connectivity index is 3.13. The highest BCUT2D eigenvalue weighted by Gasteiger charge is 2.32. The van der Waals surface area contributed by atoms with Crippen LogP contribution in [0.1, 0.15) is 44.5 Å². The van der Waals surface area contributed by atoms with Crippen LogP contribution >= 0.6 is 11.8 Å². The highest BCUT2D eigenvalue weighted by Crippen LogP contribution is 2.25. The molecule has 0 aromatic heterocycles. The van der Waals surface area contributed by atoms with Gasteiger partial charge in [-0.05, 0) is 58.3 Å². The second kappa shape index (κ2) is 11.8. The Hall–Kier alpha value is -1.51. The van der Waals surface area contributed by atoms with Crippen molar-refractivity contribution < 1.29 is 23.8 Å². The minimum Gasteiger partial charge on any atom is -0.468 e. The van der Waals surface area contributed by atoms with Crippen LogP contribution in [0.4, 0.5) is 4.79 Å². The summed E-state index contributed by atoms with van der Waals surface area (Å²) >= 11 is 1.62. The Labute approximate surface area is 186 Å². The molecule has 0 bridgehead atoms. The molecule has 30 heavy (non-hydrogen) atoms. The number of ether oxygens (including phenoxy) is 3. The third kappa shape index (κ3) is 9.10. The van der Waals surface area contributed by atoms with Crippen LogP contribution in [0.5, 0.6) is 5.75 Å². The number of alkyl carbamates (subject to hydrolysis) is 1. The lowest BCUT2D eigenvalue weighted by molar-refractivity contribution is -0.0237. The van der Waals surface area contributed by atoms with Gasteiger partial charge in [0.15, 0.2) is 11.7 Å². The average molecular weight is 456 g/mol. The van der Waals surface area contributed by atoms with Crippen LogP contribution in [0.15, 0.2) is 24.3 Å². The lowest BCUT2D eigenvalue weighted by Crippen LogP contribution is -2.46. The van der Waals surface area contributed by atoms with Crippen LogP contribution in [0.25, 0.3) is 0 Å². The first kappa shape index (κ1) is 26.5. The first-order valence-electron chi connectivity index (χ1n) is 10.3. The van der Waals surface area contributed by atoms with E-state index >= 15 is 0 Å². The summed E-state index contributed by atoms with van der Waals surface area (Å²) in [6.07, 6.45) is 1.86. The number of thioether (sulfide) groups is 1. The second-order valence-electron chi connectivity index (χ2n) is 9.11. The number of carbonyl (C=O) groups is 2. The van der Waals surface area contributed by atoms with Gasteiger partial charge in [0, 0.05) is 6.61 Å². The van der Waals surface area contributed by atoms with E-state index in [2.05, 4.69) is 25.0 Å². The molecule has 2 atom stereocenters. The lowest BCUT2D eigenvalue weighted by atomic mass is 10.0. The number of carbonyl (C=O) groups excluding carboxylic acids is 2. The summed E-state index contributed by atoms with van der Waals surface area (Å²) in [6, 6.07) is 6.43. The predicted molar refractivity (Wildman–Crippen MR) is 126 cm³/mol. The molecule has 0 spiro atoms. The van der Waals surface area contributed by atoms with Gasteiger partial charge in [-0.15, -0.1) is 0 Å². The SMILES string of the molecule is CCOC(Oc1ccccc1C(=O)[C@H](CCSC)NC(=O)OC(C)(C)C)[Si](C)(C)C. The summed E-state index contributed by atoms with van der Waals surface area (Å²) in [7, 11) is -1.80. The Kier molecular flexibility index (Phi) is 10.4. The van der Waals surface area contributed by atoms with Crippen LogP contribution in [-0.2, 0) is 9.47 Å². The molecule has 0 aliphatic carbocycles. The zero-order valence-corrected chi connectivity index (χ0v) is 21.4. The fourth-order valence-corrected chi connectivity index (χ4v) is 4.26. The number of amides is 1. The zero-order chi connectivity index (χ0) is 22.9. The Bertz CT molecular complexity index is 700. The van der Waals surface area contributed by atoms with Crippen molar-refractivity contribution >= 4 is 31.7 Å². The minimum absolute atomic E-state index is 0.198. The van der Waals surface area contributed by atoms with Gasteiger partial charge < -0.3 is 19.5 Å². The number of rotatable bonds is 11. The molecule has 1 unspecified atom stereocenters. The molecule has 1 amide bonds. The van der Waals surface area contributed by atoms with Crippen LogP contribution in [0.2, 0.25) is 19.6 Å². The highest BCUT2D eigenvalue weighted by molar-refractivity contribution is 7.98. The van der Waals surface area contributed by atoms with Crippen molar-refractivity contribution in [3.63, 3.8) is 0 Å². The van der Waals surface area contributed by atoms with Crippen molar-refractivity contribution in [2.75, 3.05) is 18.6 Å². The van der Waals surface area contributed by atoms with E-state index in [-0.39, 0.29) is 11.7 Å². The van der Waals surface area contributed by atoms with Crippen molar-refractivity contribution in [1.29, 1.82) is 0 Å². The van der Waals surface area contributed by atoms with Crippen molar-refractivity contribution in [1.82, 2.24) is 5.32 Å². The first-order valence-corrected chi connectivity index (χ1v) is 15.3. The molecular formula is C22H37NO5SSi. The Morgan fingerprint density at radius 3 is 2.33 bits per heavy atom. The van der Waals surface area contributed by atoms with Crippen molar-refractivity contribution in [2.24, 2.45) is 0 Å². The number of ketones is 1. The molecule has 1 N–H and O–H groups in total. The van der Waals surface area contributed by atoms with E-state index in [9.17, 15) is 9.59 Å². The van der Waals surface area contributed by atoms with E-state index in [4.69, 9.17) is 14.2 Å². The first-order chi connectivity index (χ1) is 13.9. The number of hydrogen-bond donors (Lipinski definition) is 1. The number of Topliss-reactive ketones (excluding diaryl/α,β-unsaturated/α-hetero) is 1. The average Bonchev–Trinajstić information content (AvgIpc) is 2.62. The molecule has 170 valence electrons. The normalized spacial score (nSPS) is 14.0. The Morgan fingerprint density at radius 2 is 1.80 bits per heavy atom.